The Balaban J connectivity index is 1.88. The summed E-state index contributed by atoms with van der Waals surface area (Å²) >= 11 is 0. The zero-order chi connectivity index (χ0) is 14.6. The summed E-state index contributed by atoms with van der Waals surface area (Å²) < 4.78 is 6.16. The summed E-state index contributed by atoms with van der Waals surface area (Å²) in [5.41, 5.74) is 3.82. The van der Waals surface area contributed by atoms with Crippen molar-refractivity contribution in [2.75, 3.05) is 39.2 Å². The fourth-order valence-corrected chi connectivity index (χ4v) is 4.97. The van der Waals surface area contributed by atoms with Crippen molar-refractivity contribution in [3.05, 3.63) is 29.3 Å². The number of benzene rings is 1. The lowest BCUT2D eigenvalue weighted by Gasteiger charge is -2.54. The normalized spacial score (nSPS) is 37.8. The van der Waals surface area contributed by atoms with Gasteiger partial charge in [-0.25, -0.2) is 0 Å². The lowest BCUT2D eigenvalue weighted by Crippen LogP contribution is -2.60. The minimum atomic E-state index is -0.270. The number of likely N-dealkylation sites (tertiary alicyclic amines) is 1. The van der Waals surface area contributed by atoms with Crippen molar-refractivity contribution in [3.63, 3.8) is 0 Å². The first-order chi connectivity index (χ1) is 10.2. The van der Waals surface area contributed by atoms with Crippen LogP contribution in [0.5, 0.6) is 0 Å². The molecule has 1 aromatic rings. The van der Waals surface area contributed by atoms with Crippen molar-refractivity contribution >= 4 is 5.69 Å². The molecule has 4 atom stereocenters. The minimum absolute atomic E-state index is 0.235. The minimum Gasteiger partial charge on any atom is -0.396 e. The highest BCUT2D eigenvalue weighted by atomic mass is 16.5. The molecule has 2 heterocycles. The predicted octanol–water partition coefficient (Wildman–Crippen LogP) is 1.75. The molecule has 0 spiro atoms. The van der Waals surface area contributed by atoms with E-state index in [0.29, 0.717) is 12.0 Å². The van der Waals surface area contributed by atoms with Crippen LogP contribution in [-0.2, 0) is 10.3 Å². The molecule has 1 fully saturated rings. The molecule has 0 unspecified atom stereocenters. The SMILES string of the molecule is CO[C@]12C[C@@H](CO)CN(C)[C@@H]1C[C@H]1CNc3cccc2c31. The first-order valence-electron chi connectivity index (χ1n) is 7.93. The standard InChI is InChI=1S/C17H24N2O2/c1-19-9-11(10-20)7-17(21-2)13-4-3-5-14-16(13)12(8-18-14)6-15(17)19/h3-5,11-12,15,18,20H,6-10H2,1-2H3/t11-,12+,15-,17+/m1/s1. The van der Waals surface area contributed by atoms with Gasteiger partial charge in [-0.1, -0.05) is 12.1 Å². The maximum absolute atomic E-state index is 9.68. The molecular formula is C17H24N2O2. The van der Waals surface area contributed by atoms with Crippen LogP contribution in [0, 0.1) is 5.92 Å². The van der Waals surface area contributed by atoms with Crippen LogP contribution in [0.2, 0.25) is 0 Å². The number of fused-ring (bicyclic) bond motifs is 2. The zero-order valence-corrected chi connectivity index (χ0v) is 12.8. The Morgan fingerprint density at radius 1 is 1.48 bits per heavy atom. The van der Waals surface area contributed by atoms with Gasteiger partial charge < -0.3 is 15.2 Å². The summed E-state index contributed by atoms with van der Waals surface area (Å²) in [5, 5.41) is 13.2. The summed E-state index contributed by atoms with van der Waals surface area (Å²) in [4.78, 5) is 2.40. The Morgan fingerprint density at radius 3 is 3.10 bits per heavy atom. The van der Waals surface area contributed by atoms with Crippen molar-refractivity contribution in [3.8, 4) is 0 Å². The van der Waals surface area contributed by atoms with Gasteiger partial charge in [0.25, 0.3) is 0 Å². The van der Waals surface area contributed by atoms with E-state index in [9.17, 15) is 5.11 Å². The van der Waals surface area contributed by atoms with E-state index in [-0.39, 0.29) is 18.1 Å². The molecule has 2 N–H and O–H groups in total. The largest absolute Gasteiger partial charge is 0.396 e. The molecule has 4 nitrogen and oxygen atoms in total. The highest BCUT2D eigenvalue weighted by Crippen LogP contribution is 2.54. The second-order valence-corrected chi connectivity index (χ2v) is 6.88. The number of aliphatic hydroxyl groups excluding tert-OH is 1. The Hall–Kier alpha value is -1.10. The molecule has 0 saturated carbocycles. The van der Waals surface area contributed by atoms with Gasteiger partial charge in [0.05, 0.1) is 0 Å². The molecule has 3 aliphatic rings. The van der Waals surface area contributed by atoms with Gasteiger partial charge in [0.15, 0.2) is 0 Å². The average molecular weight is 288 g/mol. The summed E-state index contributed by atoms with van der Waals surface area (Å²) in [6.07, 6.45) is 2.05. The first-order valence-corrected chi connectivity index (χ1v) is 7.93. The molecule has 1 saturated heterocycles. The van der Waals surface area contributed by atoms with Crippen molar-refractivity contribution in [2.24, 2.45) is 5.92 Å². The van der Waals surface area contributed by atoms with Crippen LogP contribution >= 0.6 is 0 Å². The number of nitrogens with zero attached hydrogens (tertiary/aromatic N) is 1. The third-order valence-electron chi connectivity index (χ3n) is 5.85. The van der Waals surface area contributed by atoms with Gasteiger partial charge in [0.2, 0.25) is 0 Å². The Labute approximate surface area is 126 Å². The molecule has 114 valence electrons. The molecule has 0 amide bonds. The van der Waals surface area contributed by atoms with Gasteiger partial charge in [-0.15, -0.1) is 0 Å². The number of piperidine rings is 1. The Kier molecular flexibility index (Phi) is 3.03. The van der Waals surface area contributed by atoms with E-state index in [2.05, 4.69) is 35.5 Å². The Morgan fingerprint density at radius 2 is 2.33 bits per heavy atom. The number of nitrogens with one attached hydrogen (secondary N) is 1. The molecular weight excluding hydrogens is 264 g/mol. The van der Waals surface area contributed by atoms with Crippen molar-refractivity contribution in [1.29, 1.82) is 0 Å². The predicted molar refractivity (Wildman–Crippen MR) is 82.6 cm³/mol. The van der Waals surface area contributed by atoms with E-state index >= 15 is 0 Å². The van der Waals surface area contributed by atoms with E-state index < -0.39 is 0 Å². The van der Waals surface area contributed by atoms with Crippen molar-refractivity contribution < 1.29 is 9.84 Å². The molecule has 4 rings (SSSR count). The number of aliphatic hydroxyl groups is 1. The van der Waals surface area contributed by atoms with Crippen LogP contribution in [0.3, 0.4) is 0 Å². The van der Waals surface area contributed by atoms with Crippen LogP contribution in [0.4, 0.5) is 5.69 Å². The lowest BCUT2D eigenvalue weighted by molar-refractivity contribution is -0.138. The third kappa shape index (κ3) is 1.73. The summed E-state index contributed by atoms with van der Waals surface area (Å²) in [6, 6.07) is 6.95. The highest BCUT2D eigenvalue weighted by molar-refractivity contribution is 5.63. The molecule has 4 heteroatoms. The Bertz CT molecular complexity index is 562. The molecule has 0 aromatic heterocycles. The van der Waals surface area contributed by atoms with E-state index in [4.69, 9.17) is 4.74 Å². The quantitative estimate of drug-likeness (QED) is 0.870. The number of rotatable bonds is 2. The van der Waals surface area contributed by atoms with Crippen LogP contribution in [0.1, 0.15) is 29.9 Å². The van der Waals surface area contributed by atoms with Crippen LogP contribution in [-0.4, -0.2) is 49.9 Å². The van der Waals surface area contributed by atoms with E-state index in [0.717, 1.165) is 25.9 Å². The number of ether oxygens (including phenoxy) is 1. The van der Waals surface area contributed by atoms with Crippen molar-refractivity contribution in [2.45, 2.75) is 30.4 Å². The number of methoxy groups -OCH3 is 1. The van der Waals surface area contributed by atoms with Gasteiger partial charge in [0.1, 0.15) is 5.60 Å². The maximum Gasteiger partial charge on any atom is 0.109 e. The van der Waals surface area contributed by atoms with E-state index in [1.807, 2.05) is 7.11 Å². The topological polar surface area (TPSA) is 44.7 Å². The van der Waals surface area contributed by atoms with Crippen molar-refractivity contribution in [1.82, 2.24) is 4.90 Å². The molecule has 1 aromatic carbocycles. The average Bonchev–Trinajstić information content (AvgIpc) is 2.93. The van der Waals surface area contributed by atoms with E-state index in [1.165, 1.54) is 16.8 Å². The monoisotopic (exact) mass is 288 g/mol. The summed E-state index contributed by atoms with van der Waals surface area (Å²) in [6.45, 7) is 2.24. The first kappa shape index (κ1) is 13.6. The number of hydrogen-bond acceptors (Lipinski definition) is 4. The maximum atomic E-state index is 9.68. The second kappa shape index (κ2) is 4.70. The van der Waals surface area contributed by atoms with E-state index in [1.54, 1.807) is 0 Å². The molecule has 0 radical (unpaired) electrons. The molecule has 0 bridgehead atoms. The lowest BCUT2D eigenvalue weighted by atomic mass is 9.65. The number of likely N-dealkylation sites (N-methyl/N-ethyl adjacent to an activating group) is 1. The van der Waals surface area contributed by atoms with Gasteiger partial charge in [0, 0.05) is 44.5 Å². The summed E-state index contributed by atoms with van der Waals surface area (Å²) in [5.74, 6) is 0.880. The number of anilines is 1. The fourth-order valence-electron chi connectivity index (χ4n) is 4.97. The van der Waals surface area contributed by atoms with Gasteiger partial charge in [-0.05, 0) is 43.0 Å². The third-order valence-corrected chi connectivity index (χ3v) is 5.85. The fraction of sp³-hybridized carbons (Fsp3) is 0.647. The highest BCUT2D eigenvalue weighted by Gasteiger charge is 2.54. The van der Waals surface area contributed by atoms with Gasteiger partial charge in [-0.3, -0.25) is 4.90 Å². The smallest absolute Gasteiger partial charge is 0.109 e. The molecule has 21 heavy (non-hydrogen) atoms. The second-order valence-electron chi connectivity index (χ2n) is 6.88. The summed E-state index contributed by atoms with van der Waals surface area (Å²) in [7, 11) is 4.01. The van der Waals surface area contributed by atoms with Crippen LogP contribution in [0.25, 0.3) is 0 Å². The molecule has 1 aliphatic carbocycles. The zero-order valence-electron chi connectivity index (χ0n) is 12.8. The van der Waals surface area contributed by atoms with Gasteiger partial charge >= 0.3 is 0 Å². The number of hydrogen-bond donors (Lipinski definition) is 2. The molecule has 2 aliphatic heterocycles. The van der Waals surface area contributed by atoms with Crippen LogP contribution in [0.15, 0.2) is 18.2 Å². The van der Waals surface area contributed by atoms with Gasteiger partial charge in [-0.2, -0.15) is 0 Å². The van der Waals surface area contributed by atoms with Crippen LogP contribution < -0.4 is 5.32 Å².